The minimum Gasteiger partial charge on any atom is -0.354 e. The first-order valence-electron chi connectivity index (χ1n) is 5.23. The highest BCUT2D eigenvalue weighted by Gasteiger charge is 2.22. The van der Waals surface area contributed by atoms with Gasteiger partial charge in [-0.15, -0.1) is 10.2 Å². The van der Waals surface area contributed by atoms with E-state index in [4.69, 9.17) is 9.47 Å². The third kappa shape index (κ3) is 3.51. The molecule has 1 rings (SSSR count). The van der Waals surface area contributed by atoms with Gasteiger partial charge in [-0.25, -0.2) is 0 Å². The lowest BCUT2D eigenvalue weighted by atomic mass is 10.2. The maximum atomic E-state index is 5.23. The van der Waals surface area contributed by atoms with Gasteiger partial charge in [0.2, 0.25) is 0 Å². The Morgan fingerprint density at radius 1 is 1.38 bits per heavy atom. The molecule has 0 aliphatic carbocycles. The zero-order valence-electron chi connectivity index (χ0n) is 10.2. The average molecular weight is 229 g/mol. The Balaban J connectivity index is 2.63. The molecule has 0 amide bonds. The average Bonchev–Trinajstić information content (AvgIpc) is 2.66. The van der Waals surface area contributed by atoms with Crippen molar-refractivity contribution < 1.29 is 9.47 Å². The number of rotatable bonds is 7. The van der Waals surface area contributed by atoms with Crippen LogP contribution in [0.25, 0.3) is 0 Å². The summed E-state index contributed by atoms with van der Waals surface area (Å²) in [6.07, 6.45) is 0.303. The highest BCUT2D eigenvalue weighted by molar-refractivity contribution is 4.86. The summed E-state index contributed by atoms with van der Waals surface area (Å²) in [5, 5.41) is 15.1. The Morgan fingerprint density at radius 3 is 2.50 bits per heavy atom. The molecule has 1 heterocycles. The highest BCUT2D eigenvalue weighted by Crippen LogP contribution is 2.04. The van der Waals surface area contributed by atoms with Gasteiger partial charge in [-0.2, -0.15) is 4.80 Å². The van der Waals surface area contributed by atoms with Crippen LogP contribution in [0, 0.1) is 0 Å². The van der Waals surface area contributed by atoms with Crippen molar-refractivity contribution in [2.45, 2.75) is 25.7 Å². The predicted molar refractivity (Wildman–Crippen MR) is 57.8 cm³/mol. The summed E-state index contributed by atoms with van der Waals surface area (Å²) in [6.45, 7) is 2.85. The number of nitrogens with one attached hydrogen (secondary N) is 1. The van der Waals surface area contributed by atoms with Gasteiger partial charge in [0.15, 0.2) is 12.1 Å². The Labute approximate surface area is 95.1 Å². The molecule has 0 radical (unpaired) electrons. The Bertz CT molecular complexity index is 300. The maximum absolute atomic E-state index is 5.23. The van der Waals surface area contributed by atoms with Crippen LogP contribution in [-0.4, -0.2) is 53.3 Å². The molecule has 0 saturated carbocycles. The number of tetrazole rings is 1. The molecule has 1 atom stereocenters. The SMILES string of the molecule is CCNC(Cc1nnn(C)n1)C(OC)OC. The zero-order valence-corrected chi connectivity index (χ0v) is 10.2. The number of methoxy groups -OCH3 is 2. The van der Waals surface area contributed by atoms with Crippen LogP contribution in [0.2, 0.25) is 0 Å². The van der Waals surface area contributed by atoms with Crippen LogP contribution in [0.5, 0.6) is 0 Å². The van der Waals surface area contributed by atoms with Crippen molar-refractivity contribution in [3.8, 4) is 0 Å². The third-order valence-electron chi connectivity index (χ3n) is 2.21. The first kappa shape index (κ1) is 13.0. The molecule has 1 aromatic heterocycles. The van der Waals surface area contributed by atoms with E-state index in [1.807, 2.05) is 6.92 Å². The van der Waals surface area contributed by atoms with E-state index in [1.165, 1.54) is 4.80 Å². The summed E-state index contributed by atoms with van der Waals surface area (Å²) in [5.41, 5.74) is 0. The van der Waals surface area contributed by atoms with Crippen molar-refractivity contribution in [1.29, 1.82) is 0 Å². The minimum atomic E-state index is -0.316. The number of ether oxygens (including phenoxy) is 2. The standard InChI is InChI=1S/C9H19N5O2/c1-5-10-7(9(15-3)16-4)6-8-11-13-14(2)12-8/h7,9-10H,5-6H2,1-4H3. The smallest absolute Gasteiger partial charge is 0.176 e. The van der Waals surface area contributed by atoms with E-state index in [0.717, 1.165) is 6.54 Å². The van der Waals surface area contributed by atoms with Gasteiger partial charge in [-0.3, -0.25) is 0 Å². The quantitative estimate of drug-likeness (QED) is 0.626. The molecule has 1 aromatic rings. The number of nitrogens with zero attached hydrogens (tertiary/aromatic N) is 4. The van der Waals surface area contributed by atoms with E-state index in [-0.39, 0.29) is 12.3 Å². The fourth-order valence-corrected chi connectivity index (χ4v) is 1.55. The second kappa shape index (κ2) is 6.51. The first-order chi connectivity index (χ1) is 7.71. The Hall–Kier alpha value is -1.05. The topological polar surface area (TPSA) is 74.1 Å². The molecule has 7 heteroatoms. The van der Waals surface area contributed by atoms with E-state index in [1.54, 1.807) is 21.3 Å². The molecule has 1 unspecified atom stereocenters. The largest absolute Gasteiger partial charge is 0.354 e. The van der Waals surface area contributed by atoms with Crippen molar-refractivity contribution in [2.75, 3.05) is 20.8 Å². The van der Waals surface area contributed by atoms with Crippen LogP contribution in [-0.2, 0) is 22.9 Å². The van der Waals surface area contributed by atoms with Crippen LogP contribution in [0.1, 0.15) is 12.7 Å². The predicted octanol–water partition coefficient (Wildman–Crippen LogP) is -0.650. The van der Waals surface area contributed by atoms with Gasteiger partial charge in [0.05, 0.1) is 13.1 Å². The van der Waals surface area contributed by atoms with Gasteiger partial charge in [-0.1, -0.05) is 6.92 Å². The second-order valence-corrected chi connectivity index (χ2v) is 3.40. The minimum absolute atomic E-state index is 0.0178. The van der Waals surface area contributed by atoms with Gasteiger partial charge in [0.1, 0.15) is 0 Å². The number of aromatic nitrogens is 4. The molecule has 0 fully saturated rings. The number of hydrogen-bond acceptors (Lipinski definition) is 6. The highest BCUT2D eigenvalue weighted by atomic mass is 16.7. The molecule has 16 heavy (non-hydrogen) atoms. The van der Waals surface area contributed by atoms with Crippen molar-refractivity contribution >= 4 is 0 Å². The molecule has 7 nitrogen and oxygen atoms in total. The van der Waals surface area contributed by atoms with E-state index in [9.17, 15) is 0 Å². The zero-order chi connectivity index (χ0) is 12.0. The molecule has 92 valence electrons. The summed E-state index contributed by atoms with van der Waals surface area (Å²) < 4.78 is 10.5. The summed E-state index contributed by atoms with van der Waals surface area (Å²) in [4.78, 5) is 1.44. The molecular formula is C9H19N5O2. The molecule has 0 aliphatic heterocycles. The van der Waals surface area contributed by atoms with Crippen LogP contribution in [0.15, 0.2) is 0 Å². The normalized spacial score (nSPS) is 13.3. The van der Waals surface area contributed by atoms with E-state index in [0.29, 0.717) is 12.2 Å². The van der Waals surface area contributed by atoms with Crippen LogP contribution < -0.4 is 5.32 Å². The number of aryl methyl sites for hydroxylation is 1. The lowest BCUT2D eigenvalue weighted by Gasteiger charge is -2.24. The van der Waals surface area contributed by atoms with Gasteiger partial charge in [-0.05, 0) is 11.8 Å². The van der Waals surface area contributed by atoms with E-state index in [2.05, 4.69) is 20.7 Å². The Morgan fingerprint density at radius 2 is 2.06 bits per heavy atom. The fraction of sp³-hybridized carbons (Fsp3) is 0.889. The van der Waals surface area contributed by atoms with Gasteiger partial charge in [0, 0.05) is 20.6 Å². The van der Waals surface area contributed by atoms with Gasteiger partial charge < -0.3 is 14.8 Å². The van der Waals surface area contributed by atoms with E-state index < -0.39 is 0 Å². The molecule has 0 bridgehead atoms. The Kier molecular flexibility index (Phi) is 5.30. The second-order valence-electron chi connectivity index (χ2n) is 3.40. The molecule has 0 aliphatic rings. The fourth-order valence-electron chi connectivity index (χ4n) is 1.55. The monoisotopic (exact) mass is 229 g/mol. The summed E-state index contributed by atoms with van der Waals surface area (Å²) in [5.74, 6) is 0.674. The lowest BCUT2D eigenvalue weighted by molar-refractivity contribution is -0.122. The molecule has 1 N–H and O–H groups in total. The number of likely N-dealkylation sites (N-methyl/N-ethyl adjacent to an activating group) is 1. The van der Waals surface area contributed by atoms with Crippen LogP contribution in [0.4, 0.5) is 0 Å². The van der Waals surface area contributed by atoms with Crippen molar-refractivity contribution in [3.63, 3.8) is 0 Å². The van der Waals surface area contributed by atoms with Gasteiger partial charge in [0.25, 0.3) is 0 Å². The third-order valence-corrected chi connectivity index (χ3v) is 2.21. The van der Waals surface area contributed by atoms with Crippen LogP contribution in [0.3, 0.4) is 0 Å². The van der Waals surface area contributed by atoms with Gasteiger partial charge >= 0.3 is 0 Å². The summed E-state index contributed by atoms with van der Waals surface area (Å²) >= 11 is 0. The summed E-state index contributed by atoms with van der Waals surface area (Å²) in [6, 6.07) is 0.0178. The lowest BCUT2D eigenvalue weighted by Crippen LogP contribution is -2.43. The molecular weight excluding hydrogens is 210 g/mol. The summed E-state index contributed by atoms with van der Waals surface area (Å²) in [7, 11) is 4.97. The molecule has 0 saturated heterocycles. The molecule has 0 aromatic carbocycles. The van der Waals surface area contributed by atoms with Crippen molar-refractivity contribution in [1.82, 2.24) is 25.5 Å². The number of hydrogen-bond donors (Lipinski definition) is 1. The van der Waals surface area contributed by atoms with E-state index >= 15 is 0 Å². The first-order valence-corrected chi connectivity index (χ1v) is 5.23. The van der Waals surface area contributed by atoms with Crippen molar-refractivity contribution in [2.24, 2.45) is 7.05 Å². The van der Waals surface area contributed by atoms with Crippen LogP contribution >= 0.6 is 0 Å². The maximum Gasteiger partial charge on any atom is 0.176 e. The molecule has 0 spiro atoms. The van der Waals surface area contributed by atoms with Crippen molar-refractivity contribution in [3.05, 3.63) is 5.82 Å².